The van der Waals surface area contributed by atoms with E-state index in [0.29, 0.717) is 18.9 Å². The first-order valence-corrected chi connectivity index (χ1v) is 4.80. The highest BCUT2D eigenvalue weighted by atomic mass is 16.5. The minimum Gasteiger partial charge on any atom is -0.468 e. The Balaban J connectivity index is 3.98. The van der Waals surface area contributed by atoms with Gasteiger partial charge in [0.2, 0.25) is 0 Å². The van der Waals surface area contributed by atoms with Crippen molar-refractivity contribution in [2.75, 3.05) is 13.7 Å². The number of hydrogen-bond acceptors (Lipinski definition) is 4. The minimum atomic E-state index is -0.284. The Kier molecular flexibility index (Phi) is 6.77. The number of nitrogens with one attached hydrogen (secondary N) is 1. The van der Waals surface area contributed by atoms with Gasteiger partial charge in [0.05, 0.1) is 13.2 Å². The molecule has 0 amide bonds. The predicted molar refractivity (Wildman–Crippen MR) is 53.5 cm³/mol. The number of ether oxygens (including phenoxy) is 1. The summed E-state index contributed by atoms with van der Waals surface area (Å²) in [7, 11) is 1.38. The molecular formula is C10H18N2O2. The quantitative estimate of drug-likeness (QED) is 0.512. The second kappa shape index (κ2) is 7.34. The summed E-state index contributed by atoms with van der Waals surface area (Å²) in [5, 5.41) is 11.4. The summed E-state index contributed by atoms with van der Waals surface area (Å²) >= 11 is 0. The van der Waals surface area contributed by atoms with Crippen LogP contribution < -0.4 is 5.32 Å². The Bertz CT molecular complexity index is 209. The summed E-state index contributed by atoms with van der Waals surface area (Å²) in [6.45, 7) is 4.62. The lowest BCUT2D eigenvalue weighted by atomic mass is 10.0. The molecule has 4 heteroatoms. The average Bonchev–Trinajstić information content (AvgIpc) is 2.15. The number of rotatable bonds is 6. The molecule has 0 heterocycles. The third-order valence-electron chi connectivity index (χ3n) is 1.82. The number of carbonyl (C=O) groups excluding carboxylic acids is 1. The largest absolute Gasteiger partial charge is 0.468 e. The van der Waals surface area contributed by atoms with Gasteiger partial charge >= 0.3 is 5.97 Å². The van der Waals surface area contributed by atoms with E-state index in [1.165, 1.54) is 7.11 Å². The molecule has 0 aromatic carbocycles. The van der Waals surface area contributed by atoms with Gasteiger partial charge in [0.1, 0.15) is 6.04 Å². The van der Waals surface area contributed by atoms with Crippen molar-refractivity contribution in [2.45, 2.75) is 32.7 Å². The fraction of sp³-hybridized carbons (Fsp3) is 0.800. The topological polar surface area (TPSA) is 62.1 Å². The number of nitrogens with zero attached hydrogens (tertiary/aromatic N) is 1. The van der Waals surface area contributed by atoms with Gasteiger partial charge < -0.3 is 10.1 Å². The van der Waals surface area contributed by atoms with Crippen LogP contribution in [-0.2, 0) is 9.53 Å². The van der Waals surface area contributed by atoms with E-state index in [-0.39, 0.29) is 12.0 Å². The molecule has 0 saturated carbocycles. The first-order chi connectivity index (χ1) is 6.61. The molecule has 0 rings (SSSR count). The second-order valence-electron chi connectivity index (χ2n) is 3.57. The molecule has 0 aliphatic rings. The minimum absolute atomic E-state index is 0.253. The van der Waals surface area contributed by atoms with Crippen molar-refractivity contribution in [2.24, 2.45) is 5.92 Å². The first kappa shape index (κ1) is 12.9. The molecule has 1 N–H and O–H groups in total. The SMILES string of the molecule is COC(=O)C(CC(C)C)NCCC#N. The Morgan fingerprint density at radius 2 is 2.21 bits per heavy atom. The summed E-state index contributed by atoms with van der Waals surface area (Å²) in [6, 6.07) is 1.73. The molecule has 1 atom stereocenters. The van der Waals surface area contributed by atoms with Gasteiger partial charge in [-0.15, -0.1) is 0 Å². The third kappa shape index (κ3) is 5.55. The summed E-state index contributed by atoms with van der Waals surface area (Å²) in [5.41, 5.74) is 0. The van der Waals surface area contributed by atoms with Crippen LogP contribution in [0.15, 0.2) is 0 Å². The van der Waals surface area contributed by atoms with Crippen LogP contribution in [0.5, 0.6) is 0 Å². The highest BCUT2D eigenvalue weighted by molar-refractivity contribution is 5.75. The average molecular weight is 198 g/mol. The fourth-order valence-corrected chi connectivity index (χ4v) is 1.18. The molecule has 0 aliphatic heterocycles. The van der Waals surface area contributed by atoms with Crippen LogP contribution in [0, 0.1) is 17.2 Å². The van der Waals surface area contributed by atoms with E-state index < -0.39 is 0 Å². The highest BCUT2D eigenvalue weighted by Crippen LogP contribution is 2.05. The molecule has 0 saturated heterocycles. The maximum absolute atomic E-state index is 11.3. The van der Waals surface area contributed by atoms with Crippen molar-refractivity contribution in [3.05, 3.63) is 0 Å². The van der Waals surface area contributed by atoms with Crippen LogP contribution in [0.1, 0.15) is 26.7 Å². The normalized spacial score (nSPS) is 12.2. The van der Waals surface area contributed by atoms with E-state index >= 15 is 0 Å². The lowest BCUT2D eigenvalue weighted by Crippen LogP contribution is -2.39. The summed E-state index contributed by atoms with van der Waals surface area (Å²) in [5.74, 6) is 0.172. The van der Waals surface area contributed by atoms with Gasteiger partial charge in [-0.25, -0.2) is 0 Å². The number of hydrogen-bond donors (Lipinski definition) is 1. The lowest BCUT2D eigenvalue weighted by Gasteiger charge is -2.17. The predicted octanol–water partition coefficient (Wildman–Crippen LogP) is 1.08. The monoisotopic (exact) mass is 198 g/mol. The zero-order valence-corrected chi connectivity index (χ0v) is 9.04. The zero-order valence-electron chi connectivity index (χ0n) is 9.04. The standard InChI is InChI=1S/C10H18N2O2/c1-8(2)7-9(10(13)14-3)12-6-4-5-11/h8-9,12H,4,6-7H2,1-3H3. The molecule has 4 nitrogen and oxygen atoms in total. The molecule has 0 fully saturated rings. The van der Waals surface area contributed by atoms with Gasteiger partial charge in [-0.3, -0.25) is 4.79 Å². The molecule has 1 unspecified atom stereocenters. The number of nitriles is 1. The summed E-state index contributed by atoms with van der Waals surface area (Å²) in [6.07, 6.45) is 1.14. The van der Waals surface area contributed by atoms with Crippen molar-refractivity contribution < 1.29 is 9.53 Å². The summed E-state index contributed by atoms with van der Waals surface area (Å²) in [4.78, 5) is 11.3. The Morgan fingerprint density at radius 3 is 2.64 bits per heavy atom. The van der Waals surface area contributed by atoms with E-state index in [1.54, 1.807) is 0 Å². The van der Waals surface area contributed by atoms with Crippen LogP contribution in [0.3, 0.4) is 0 Å². The lowest BCUT2D eigenvalue weighted by molar-refractivity contribution is -0.143. The molecule has 0 spiro atoms. The molecule has 0 aliphatic carbocycles. The molecule has 0 aromatic heterocycles. The first-order valence-electron chi connectivity index (χ1n) is 4.80. The van der Waals surface area contributed by atoms with E-state index in [2.05, 4.69) is 10.1 Å². The number of methoxy groups -OCH3 is 1. The highest BCUT2D eigenvalue weighted by Gasteiger charge is 2.19. The van der Waals surface area contributed by atoms with Crippen LogP contribution >= 0.6 is 0 Å². The number of esters is 1. The van der Waals surface area contributed by atoms with Gasteiger partial charge in [0, 0.05) is 13.0 Å². The van der Waals surface area contributed by atoms with Gasteiger partial charge in [0.15, 0.2) is 0 Å². The molecular weight excluding hydrogens is 180 g/mol. The Labute approximate surface area is 85.2 Å². The van der Waals surface area contributed by atoms with E-state index in [4.69, 9.17) is 5.26 Å². The van der Waals surface area contributed by atoms with Gasteiger partial charge in [-0.1, -0.05) is 13.8 Å². The summed E-state index contributed by atoms with van der Waals surface area (Å²) < 4.78 is 4.66. The maximum atomic E-state index is 11.3. The Morgan fingerprint density at radius 1 is 1.57 bits per heavy atom. The van der Waals surface area contributed by atoms with Crippen LogP contribution in [0.4, 0.5) is 0 Å². The van der Waals surface area contributed by atoms with Crippen molar-refractivity contribution >= 4 is 5.97 Å². The van der Waals surface area contributed by atoms with Gasteiger partial charge in [-0.2, -0.15) is 5.26 Å². The third-order valence-corrected chi connectivity index (χ3v) is 1.82. The van der Waals surface area contributed by atoms with E-state index in [0.717, 1.165) is 6.42 Å². The zero-order chi connectivity index (χ0) is 11.0. The smallest absolute Gasteiger partial charge is 0.322 e. The van der Waals surface area contributed by atoms with Crippen LogP contribution in [0.25, 0.3) is 0 Å². The molecule has 0 aromatic rings. The van der Waals surface area contributed by atoms with Crippen LogP contribution in [0.2, 0.25) is 0 Å². The van der Waals surface area contributed by atoms with E-state index in [1.807, 2.05) is 19.9 Å². The molecule has 0 bridgehead atoms. The van der Waals surface area contributed by atoms with Gasteiger partial charge in [-0.05, 0) is 12.3 Å². The van der Waals surface area contributed by atoms with Crippen molar-refractivity contribution in [3.63, 3.8) is 0 Å². The van der Waals surface area contributed by atoms with Crippen molar-refractivity contribution in [1.82, 2.24) is 5.32 Å². The molecule has 14 heavy (non-hydrogen) atoms. The fourth-order valence-electron chi connectivity index (χ4n) is 1.18. The maximum Gasteiger partial charge on any atom is 0.322 e. The molecule has 80 valence electrons. The van der Waals surface area contributed by atoms with Gasteiger partial charge in [0.25, 0.3) is 0 Å². The number of carbonyl (C=O) groups is 1. The Hall–Kier alpha value is -1.08. The molecule has 0 radical (unpaired) electrons. The van der Waals surface area contributed by atoms with Crippen molar-refractivity contribution in [3.8, 4) is 6.07 Å². The second-order valence-corrected chi connectivity index (χ2v) is 3.57. The van der Waals surface area contributed by atoms with E-state index in [9.17, 15) is 4.79 Å². The van der Waals surface area contributed by atoms with Crippen LogP contribution in [-0.4, -0.2) is 25.7 Å². The van der Waals surface area contributed by atoms with Crippen molar-refractivity contribution in [1.29, 1.82) is 5.26 Å².